The molecule has 1 aliphatic rings. The first-order valence-corrected chi connectivity index (χ1v) is 7.56. The van der Waals surface area contributed by atoms with Crippen molar-refractivity contribution in [3.05, 3.63) is 46.7 Å². The molecule has 0 aliphatic carbocycles. The van der Waals surface area contributed by atoms with Crippen molar-refractivity contribution in [2.45, 2.75) is 6.54 Å². The first-order chi connectivity index (χ1) is 9.83. The van der Waals surface area contributed by atoms with Crippen LogP contribution in [-0.2, 0) is 6.54 Å². The molecule has 0 atom stereocenters. The topological polar surface area (TPSA) is 49.3 Å². The molecule has 0 spiro atoms. The Hall–Kier alpha value is -1.79. The molecular formula is C14H16N4OS. The molecule has 1 saturated heterocycles. The first-order valence-electron chi connectivity index (χ1n) is 6.61. The van der Waals surface area contributed by atoms with E-state index in [1.54, 1.807) is 5.51 Å². The predicted molar refractivity (Wildman–Crippen MR) is 77.5 cm³/mol. The summed E-state index contributed by atoms with van der Waals surface area (Å²) in [5.41, 5.74) is 3.53. The number of amides is 1. The van der Waals surface area contributed by atoms with E-state index in [0.29, 0.717) is 5.69 Å². The number of aromatic nitrogens is 2. The Kier molecular flexibility index (Phi) is 4.03. The molecule has 0 aromatic carbocycles. The Morgan fingerprint density at radius 2 is 1.95 bits per heavy atom. The zero-order chi connectivity index (χ0) is 13.8. The van der Waals surface area contributed by atoms with Crippen LogP contribution in [-0.4, -0.2) is 51.9 Å². The lowest BCUT2D eigenvalue weighted by Gasteiger charge is -2.34. The third-order valence-electron chi connectivity index (χ3n) is 3.47. The second-order valence-electron chi connectivity index (χ2n) is 4.80. The van der Waals surface area contributed by atoms with Gasteiger partial charge in [0.05, 0.1) is 5.51 Å². The lowest BCUT2D eigenvalue weighted by atomic mass is 10.2. The number of pyridine rings is 1. The van der Waals surface area contributed by atoms with E-state index in [-0.39, 0.29) is 5.91 Å². The van der Waals surface area contributed by atoms with E-state index >= 15 is 0 Å². The summed E-state index contributed by atoms with van der Waals surface area (Å²) in [5, 5.41) is 1.81. The molecule has 3 rings (SSSR count). The normalized spacial score (nSPS) is 16.3. The zero-order valence-corrected chi connectivity index (χ0v) is 11.9. The summed E-state index contributed by atoms with van der Waals surface area (Å²) in [6, 6.07) is 4.07. The van der Waals surface area contributed by atoms with Crippen LogP contribution in [0.1, 0.15) is 16.1 Å². The van der Waals surface area contributed by atoms with Crippen molar-refractivity contribution in [1.29, 1.82) is 0 Å². The highest BCUT2D eigenvalue weighted by molar-refractivity contribution is 7.07. The molecule has 0 unspecified atom stereocenters. The van der Waals surface area contributed by atoms with Crippen LogP contribution in [0.15, 0.2) is 35.4 Å². The lowest BCUT2D eigenvalue weighted by molar-refractivity contribution is 0.0623. The largest absolute Gasteiger partial charge is 0.335 e. The molecule has 6 heteroatoms. The highest BCUT2D eigenvalue weighted by Gasteiger charge is 2.22. The molecule has 0 N–H and O–H groups in total. The van der Waals surface area contributed by atoms with Gasteiger partial charge in [0.15, 0.2) is 0 Å². The van der Waals surface area contributed by atoms with Crippen molar-refractivity contribution in [1.82, 2.24) is 19.8 Å². The second kappa shape index (κ2) is 6.11. The Morgan fingerprint density at radius 3 is 2.60 bits per heavy atom. The van der Waals surface area contributed by atoms with Gasteiger partial charge in [-0.05, 0) is 17.7 Å². The molecule has 20 heavy (non-hydrogen) atoms. The Labute approximate surface area is 121 Å². The molecule has 0 saturated carbocycles. The summed E-state index contributed by atoms with van der Waals surface area (Å²) >= 11 is 1.46. The Balaban J connectivity index is 1.53. The van der Waals surface area contributed by atoms with Crippen LogP contribution in [0.2, 0.25) is 0 Å². The smallest absolute Gasteiger partial charge is 0.273 e. The molecule has 0 radical (unpaired) electrons. The number of hydrogen-bond acceptors (Lipinski definition) is 5. The highest BCUT2D eigenvalue weighted by Crippen LogP contribution is 2.11. The van der Waals surface area contributed by atoms with Gasteiger partial charge < -0.3 is 4.90 Å². The number of piperazine rings is 1. The minimum atomic E-state index is 0.0508. The van der Waals surface area contributed by atoms with Crippen molar-refractivity contribution in [3.8, 4) is 0 Å². The number of nitrogens with zero attached hydrogens (tertiary/aromatic N) is 4. The van der Waals surface area contributed by atoms with Crippen molar-refractivity contribution >= 4 is 17.2 Å². The van der Waals surface area contributed by atoms with Crippen molar-refractivity contribution in [2.75, 3.05) is 26.2 Å². The molecule has 2 aromatic heterocycles. The predicted octanol–water partition coefficient (Wildman–Crippen LogP) is 1.50. The van der Waals surface area contributed by atoms with E-state index in [0.717, 1.165) is 32.7 Å². The third-order valence-corrected chi connectivity index (χ3v) is 4.05. The van der Waals surface area contributed by atoms with E-state index in [1.807, 2.05) is 34.8 Å². The molecule has 2 aromatic rings. The van der Waals surface area contributed by atoms with Gasteiger partial charge in [0.1, 0.15) is 5.69 Å². The fourth-order valence-electron chi connectivity index (χ4n) is 2.34. The summed E-state index contributed by atoms with van der Waals surface area (Å²) < 4.78 is 0. The fourth-order valence-corrected chi connectivity index (χ4v) is 2.86. The number of rotatable bonds is 3. The van der Waals surface area contributed by atoms with Crippen LogP contribution in [0.25, 0.3) is 0 Å². The van der Waals surface area contributed by atoms with E-state index < -0.39 is 0 Å². The Morgan fingerprint density at radius 1 is 1.20 bits per heavy atom. The lowest BCUT2D eigenvalue weighted by Crippen LogP contribution is -2.48. The summed E-state index contributed by atoms with van der Waals surface area (Å²) in [5.74, 6) is 0.0508. The molecule has 5 nitrogen and oxygen atoms in total. The molecule has 0 bridgehead atoms. The first kappa shape index (κ1) is 13.2. The molecular weight excluding hydrogens is 272 g/mol. The van der Waals surface area contributed by atoms with E-state index in [9.17, 15) is 4.79 Å². The number of carbonyl (C=O) groups excluding carboxylic acids is 1. The van der Waals surface area contributed by atoms with Gasteiger partial charge in [0.25, 0.3) is 5.91 Å². The van der Waals surface area contributed by atoms with Crippen LogP contribution in [0.4, 0.5) is 0 Å². The van der Waals surface area contributed by atoms with Crippen LogP contribution >= 0.6 is 11.3 Å². The van der Waals surface area contributed by atoms with Crippen LogP contribution in [0.3, 0.4) is 0 Å². The summed E-state index contributed by atoms with van der Waals surface area (Å²) in [6.45, 7) is 4.25. The standard InChI is InChI=1S/C14H16N4OS/c19-14(13-10-20-11-16-13)18-7-5-17(6-8-18)9-12-1-3-15-4-2-12/h1-4,10-11H,5-9H2. The van der Waals surface area contributed by atoms with Crippen LogP contribution < -0.4 is 0 Å². The van der Waals surface area contributed by atoms with E-state index in [1.165, 1.54) is 16.9 Å². The van der Waals surface area contributed by atoms with Gasteiger partial charge in [0, 0.05) is 50.5 Å². The van der Waals surface area contributed by atoms with Crippen LogP contribution in [0, 0.1) is 0 Å². The molecule has 1 aliphatic heterocycles. The van der Waals surface area contributed by atoms with Gasteiger partial charge in [-0.1, -0.05) is 0 Å². The van der Waals surface area contributed by atoms with Crippen LogP contribution in [0.5, 0.6) is 0 Å². The summed E-state index contributed by atoms with van der Waals surface area (Å²) in [6.07, 6.45) is 3.63. The molecule has 104 valence electrons. The molecule has 1 amide bonds. The zero-order valence-electron chi connectivity index (χ0n) is 11.1. The van der Waals surface area contributed by atoms with E-state index in [2.05, 4.69) is 14.9 Å². The second-order valence-corrected chi connectivity index (χ2v) is 5.52. The number of carbonyl (C=O) groups is 1. The summed E-state index contributed by atoms with van der Waals surface area (Å²) in [4.78, 5) is 24.5. The average molecular weight is 288 g/mol. The number of hydrogen-bond donors (Lipinski definition) is 0. The average Bonchev–Trinajstić information content (AvgIpc) is 3.03. The molecule has 3 heterocycles. The van der Waals surface area contributed by atoms with Gasteiger partial charge in [-0.3, -0.25) is 14.7 Å². The van der Waals surface area contributed by atoms with Gasteiger partial charge in [0.2, 0.25) is 0 Å². The molecule has 1 fully saturated rings. The maximum Gasteiger partial charge on any atom is 0.273 e. The van der Waals surface area contributed by atoms with Crippen molar-refractivity contribution < 1.29 is 4.79 Å². The highest BCUT2D eigenvalue weighted by atomic mass is 32.1. The van der Waals surface area contributed by atoms with Gasteiger partial charge in [-0.25, -0.2) is 4.98 Å². The monoisotopic (exact) mass is 288 g/mol. The third kappa shape index (κ3) is 3.02. The Bertz CT molecular complexity index is 550. The minimum Gasteiger partial charge on any atom is -0.335 e. The number of thiazole rings is 1. The fraction of sp³-hybridized carbons (Fsp3) is 0.357. The SMILES string of the molecule is O=C(c1cscn1)N1CCN(Cc2ccncc2)CC1. The minimum absolute atomic E-state index is 0.0508. The summed E-state index contributed by atoms with van der Waals surface area (Å²) in [7, 11) is 0. The van der Waals surface area contributed by atoms with Gasteiger partial charge in [-0.15, -0.1) is 11.3 Å². The van der Waals surface area contributed by atoms with Gasteiger partial charge in [-0.2, -0.15) is 0 Å². The maximum atomic E-state index is 12.2. The quantitative estimate of drug-likeness (QED) is 0.859. The van der Waals surface area contributed by atoms with E-state index in [4.69, 9.17) is 0 Å². The van der Waals surface area contributed by atoms with Crippen molar-refractivity contribution in [3.63, 3.8) is 0 Å². The van der Waals surface area contributed by atoms with Gasteiger partial charge >= 0.3 is 0 Å². The maximum absolute atomic E-state index is 12.2. The van der Waals surface area contributed by atoms with Crippen molar-refractivity contribution in [2.24, 2.45) is 0 Å².